The molecule has 106 valence electrons. The van der Waals surface area contributed by atoms with E-state index in [-0.39, 0.29) is 19.1 Å². The van der Waals surface area contributed by atoms with Gasteiger partial charge in [0.2, 0.25) is 0 Å². The lowest BCUT2D eigenvalue weighted by Crippen LogP contribution is -2.40. The maximum atomic E-state index is 9.76. The quantitative estimate of drug-likeness (QED) is 0.266. The van der Waals surface area contributed by atoms with Gasteiger partial charge in [0.05, 0.1) is 19.4 Å². The lowest BCUT2D eigenvalue weighted by molar-refractivity contribution is -0.143. The molecule has 0 aromatic carbocycles. The number of hydrogen-bond donors (Lipinski definition) is 6. The standard InChI is InChI=1S/C5H10O5.C4H6O4/c6-1-3(8)5(10)4(9)2-7;5-3(6)1-2-4(7)8/h1,3-5,7-10H,2H2;1-2H2,(H,5,6)(H,7,8)/t3-,4-,5+;/m0./s1. The van der Waals surface area contributed by atoms with E-state index in [2.05, 4.69) is 0 Å². The van der Waals surface area contributed by atoms with Crippen molar-refractivity contribution in [3.05, 3.63) is 0 Å². The van der Waals surface area contributed by atoms with Crippen molar-refractivity contribution in [3.8, 4) is 0 Å². The summed E-state index contributed by atoms with van der Waals surface area (Å²) >= 11 is 0. The second-order valence-electron chi connectivity index (χ2n) is 3.15. The molecule has 0 aliphatic heterocycles. The minimum atomic E-state index is -1.64. The van der Waals surface area contributed by atoms with Crippen molar-refractivity contribution >= 4 is 18.2 Å². The maximum absolute atomic E-state index is 9.76. The number of carboxylic acids is 2. The lowest BCUT2D eigenvalue weighted by Gasteiger charge is -2.16. The van der Waals surface area contributed by atoms with Crippen LogP contribution in [0.4, 0.5) is 0 Å². The van der Waals surface area contributed by atoms with Crippen LogP contribution in [0.1, 0.15) is 12.8 Å². The normalized spacial score (nSPS) is 14.7. The predicted octanol–water partition coefficient (Wildman–Crippen LogP) is -2.80. The van der Waals surface area contributed by atoms with E-state index in [4.69, 9.17) is 30.6 Å². The Morgan fingerprint density at radius 2 is 1.39 bits per heavy atom. The first-order valence-electron chi connectivity index (χ1n) is 4.80. The fraction of sp³-hybridized carbons (Fsp3) is 0.667. The van der Waals surface area contributed by atoms with E-state index in [9.17, 15) is 14.4 Å². The average Bonchev–Trinajstić information content (AvgIpc) is 2.34. The van der Waals surface area contributed by atoms with Crippen molar-refractivity contribution in [2.75, 3.05) is 6.61 Å². The highest BCUT2D eigenvalue weighted by Gasteiger charge is 2.22. The third kappa shape index (κ3) is 11.0. The second-order valence-corrected chi connectivity index (χ2v) is 3.15. The zero-order valence-corrected chi connectivity index (χ0v) is 9.34. The van der Waals surface area contributed by atoms with Gasteiger partial charge in [-0.3, -0.25) is 9.59 Å². The monoisotopic (exact) mass is 268 g/mol. The van der Waals surface area contributed by atoms with Crippen LogP contribution in [-0.4, -0.2) is 73.8 Å². The van der Waals surface area contributed by atoms with Crippen molar-refractivity contribution in [1.29, 1.82) is 0 Å². The molecule has 6 N–H and O–H groups in total. The van der Waals surface area contributed by atoms with Crippen molar-refractivity contribution in [2.24, 2.45) is 0 Å². The number of carbonyl (C=O) groups is 3. The number of rotatable bonds is 7. The van der Waals surface area contributed by atoms with Crippen LogP contribution < -0.4 is 0 Å². The largest absolute Gasteiger partial charge is 0.481 e. The first kappa shape index (κ1) is 18.8. The molecule has 0 saturated heterocycles. The van der Waals surface area contributed by atoms with E-state index >= 15 is 0 Å². The van der Waals surface area contributed by atoms with Crippen LogP contribution in [0, 0.1) is 0 Å². The van der Waals surface area contributed by atoms with Gasteiger partial charge in [0, 0.05) is 0 Å². The Hall–Kier alpha value is -1.55. The summed E-state index contributed by atoms with van der Waals surface area (Å²) in [6, 6.07) is 0. The summed E-state index contributed by atoms with van der Waals surface area (Å²) in [5, 5.41) is 49.9. The number of aliphatic hydroxyl groups is 4. The number of aliphatic carboxylic acids is 2. The molecular weight excluding hydrogens is 252 g/mol. The molecule has 9 nitrogen and oxygen atoms in total. The van der Waals surface area contributed by atoms with Crippen molar-refractivity contribution in [2.45, 2.75) is 31.2 Å². The molecule has 0 unspecified atom stereocenters. The zero-order chi connectivity index (χ0) is 14.7. The molecule has 0 aromatic rings. The third-order valence-corrected chi connectivity index (χ3v) is 1.62. The number of carbonyl (C=O) groups excluding carboxylic acids is 1. The lowest BCUT2D eigenvalue weighted by atomic mass is 10.1. The van der Waals surface area contributed by atoms with E-state index in [0.29, 0.717) is 0 Å². The Labute approximate surface area is 102 Å². The van der Waals surface area contributed by atoms with Crippen LogP contribution in [0.3, 0.4) is 0 Å². The molecule has 0 aliphatic rings. The fourth-order valence-corrected chi connectivity index (χ4v) is 0.630. The summed E-state index contributed by atoms with van der Waals surface area (Å²) in [5.41, 5.74) is 0. The Morgan fingerprint density at radius 1 is 1.00 bits per heavy atom. The van der Waals surface area contributed by atoms with Gasteiger partial charge in [0.25, 0.3) is 0 Å². The summed E-state index contributed by atoms with van der Waals surface area (Å²) in [6.07, 6.45) is -5.22. The Kier molecular flexibility index (Phi) is 11.1. The van der Waals surface area contributed by atoms with Crippen LogP contribution >= 0.6 is 0 Å². The molecule has 0 heterocycles. The van der Waals surface area contributed by atoms with Crippen molar-refractivity contribution < 1.29 is 45.0 Å². The van der Waals surface area contributed by atoms with Crippen LogP contribution in [-0.2, 0) is 14.4 Å². The zero-order valence-electron chi connectivity index (χ0n) is 9.34. The Balaban J connectivity index is 0. The smallest absolute Gasteiger partial charge is 0.303 e. The van der Waals surface area contributed by atoms with Crippen LogP contribution in [0.2, 0.25) is 0 Å². The molecule has 0 radical (unpaired) electrons. The van der Waals surface area contributed by atoms with E-state index < -0.39 is 36.9 Å². The topological polar surface area (TPSA) is 173 Å². The molecule has 0 rings (SSSR count). The first-order chi connectivity index (χ1) is 8.26. The van der Waals surface area contributed by atoms with E-state index in [1.165, 1.54) is 0 Å². The van der Waals surface area contributed by atoms with Crippen molar-refractivity contribution in [1.82, 2.24) is 0 Å². The van der Waals surface area contributed by atoms with E-state index in [1.807, 2.05) is 0 Å². The molecule has 18 heavy (non-hydrogen) atoms. The van der Waals surface area contributed by atoms with E-state index in [1.54, 1.807) is 0 Å². The number of aldehydes is 1. The average molecular weight is 268 g/mol. The van der Waals surface area contributed by atoms with Crippen molar-refractivity contribution in [3.63, 3.8) is 0 Å². The van der Waals surface area contributed by atoms with Gasteiger partial charge < -0.3 is 35.4 Å². The maximum Gasteiger partial charge on any atom is 0.303 e. The molecule has 0 aliphatic carbocycles. The summed E-state index contributed by atoms with van der Waals surface area (Å²) in [7, 11) is 0. The van der Waals surface area contributed by atoms with Gasteiger partial charge in [-0.25, -0.2) is 0 Å². The Bertz CT molecular complexity index is 251. The van der Waals surface area contributed by atoms with Gasteiger partial charge in [-0.05, 0) is 0 Å². The molecular formula is C9H16O9. The van der Waals surface area contributed by atoms with E-state index in [0.717, 1.165) is 0 Å². The molecule has 0 spiro atoms. The highest BCUT2D eigenvalue weighted by Crippen LogP contribution is 1.96. The van der Waals surface area contributed by atoms with Gasteiger partial charge >= 0.3 is 11.9 Å². The highest BCUT2D eigenvalue weighted by atomic mass is 16.4. The molecule has 3 atom stereocenters. The first-order valence-corrected chi connectivity index (χ1v) is 4.80. The molecule has 9 heteroatoms. The highest BCUT2D eigenvalue weighted by molar-refractivity contribution is 5.75. The third-order valence-electron chi connectivity index (χ3n) is 1.62. The minimum Gasteiger partial charge on any atom is -0.481 e. The van der Waals surface area contributed by atoms with Gasteiger partial charge in [0.1, 0.15) is 18.3 Å². The Morgan fingerprint density at radius 3 is 1.61 bits per heavy atom. The molecule has 0 aromatic heterocycles. The number of aliphatic hydroxyl groups excluding tert-OH is 4. The summed E-state index contributed by atoms with van der Waals surface area (Å²) in [5.74, 6) is -2.15. The second kappa shape index (κ2) is 10.6. The number of carboxylic acid groups (broad SMARTS) is 2. The number of hydrogen-bond acceptors (Lipinski definition) is 7. The molecule has 0 saturated carbocycles. The minimum absolute atomic E-state index is 0.0869. The van der Waals surface area contributed by atoms with Gasteiger partial charge in [-0.15, -0.1) is 0 Å². The van der Waals surface area contributed by atoms with Gasteiger partial charge in [0.15, 0.2) is 6.29 Å². The van der Waals surface area contributed by atoms with Crippen LogP contribution in [0.5, 0.6) is 0 Å². The van der Waals surface area contributed by atoms with Crippen LogP contribution in [0.25, 0.3) is 0 Å². The predicted molar refractivity (Wildman–Crippen MR) is 55.7 cm³/mol. The molecule has 0 bridgehead atoms. The SMILES string of the molecule is O=C(O)CCC(=O)O.O=C[C@H](O)[C@@H](O)[C@@H](O)CO. The van der Waals surface area contributed by atoms with Crippen LogP contribution in [0.15, 0.2) is 0 Å². The summed E-state index contributed by atoms with van der Waals surface area (Å²) in [6.45, 7) is -0.688. The van der Waals surface area contributed by atoms with Gasteiger partial charge in [-0.1, -0.05) is 0 Å². The van der Waals surface area contributed by atoms with Gasteiger partial charge in [-0.2, -0.15) is 0 Å². The summed E-state index contributed by atoms with van der Waals surface area (Å²) < 4.78 is 0. The molecule has 0 fully saturated rings. The summed E-state index contributed by atoms with van der Waals surface area (Å²) in [4.78, 5) is 29.0. The fourth-order valence-electron chi connectivity index (χ4n) is 0.630. The molecule has 0 amide bonds.